The lowest BCUT2D eigenvalue weighted by atomic mass is 10.3. The van der Waals surface area contributed by atoms with Crippen LogP contribution in [0.4, 0.5) is 0 Å². The van der Waals surface area contributed by atoms with Crippen LogP contribution >= 0.6 is 0 Å². The number of methoxy groups -OCH3 is 1. The van der Waals surface area contributed by atoms with E-state index in [2.05, 4.69) is 5.32 Å². The van der Waals surface area contributed by atoms with Crippen LogP contribution in [0.1, 0.15) is 13.3 Å². The number of nitrogens with one attached hydrogen (secondary N) is 1. The van der Waals surface area contributed by atoms with E-state index in [1.807, 2.05) is 6.92 Å². The monoisotopic (exact) mass is 235 g/mol. The molecule has 0 radical (unpaired) electrons. The Labute approximate surface area is 98.1 Å². The van der Waals surface area contributed by atoms with E-state index in [-0.39, 0.29) is 12.6 Å². The summed E-state index contributed by atoms with van der Waals surface area (Å²) in [6, 6.07) is 0.0264. The summed E-state index contributed by atoms with van der Waals surface area (Å²) in [5.41, 5.74) is 0. The van der Waals surface area contributed by atoms with Crippen molar-refractivity contribution in [2.45, 2.75) is 19.4 Å². The van der Waals surface area contributed by atoms with Gasteiger partial charge in [-0.3, -0.25) is 0 Å². The molecule has 0 saturated heterocycles. The molecular formula is C11H25NO4. The first kappa shape index (κ1) is 15.8. The van der Waals surface area contributed by atoms with Crippen LogP contribution in [0.5, 0.6) is 0 Å². The fourth-order valence-electron chi connectivity index (χ4n) is 1.22. The number of likely N-dealkylation sites (N-methyl/N-ethyl adjacent to an activating group) is 1. The lowest BCUT2D eigenvalue weighted by Gasteiger charge is -2.15. The van der Waals surface area contributed by atoms with Gasteiger partial charge in [0.1, 0.15) is 0 Å². The summed E-state index contributed by atoms with van der Waals surface area (Å²) in [6.45, 7) is 6.04. The van der Waals surface area contributed by atoms with Crippen molar-refractivity contribution in [3.05, 3.63) is 0 Å². The molecule has 0 aromatic rings. The highest BCUT2D eigenvalue weighted by Gasteiger charge is 2.04. The van der Waals surface area contributed by atoms with E-state index in [0.717, 1.165) is 19.6 Å². The van der Waals surface area contributed by atoms with Gasteiger partial charge >= 0.3 is 0 Å². The SMILES string of the molecule is CCNC(CO)COCCOCCCOC. The minimum Gasteiger partial charge on any atom is -0.395 e. The molecule has 0 spiro atoms. The molecule has 0 fully saturated rings. The van der Waals surface area contributed by atoms with Gasteiger partial charge in [-0.05, 0) is 13.0 Å². The van der Waals surface area contributed by atoms with Crippen LogP contribution in [0, 0.1) is 0 Å². The van der Waals surface area contributed by atoms with Gasteiger partial charge < -0.3 is 24.6 Å². The molecule has 1 unspecified atom stereocenters. The Kier molecular flexibility index (Phi) is 12.7. The Bertz CT molecular complexity index is 135. The van der Waals surface area contributed by atoms with Crippen LogP contribution in [0.3, 0.4) is 0 Å². The van der Waals surface area contributed by atoms with E-state index >= 15 is 0 Å². The third-order valence-electron chi connectivity index (χ3n) is 2.04. The quantitative estimate of drug-likeness (QED) is 0.467. The summed E-state index contributed by atoms with van der Waals surface area (Å²) in [4.78, 5) is 0. The Morgan fingerprint density at radius 2 is 1.88 bits per heavy atom. The molecule has 0 aromatic heterocycles. The molecule has 0 aromatic carbocycles. The Morgan fingerprint density at radius 3 is 2.50 bits per heavy atom. The minimum atomic E-state index is 0.0264. The van der Waals surface area contributed by atoms with E-state index < -0.39 is 0 Å². The summed E-state index contributed by atoms with van der Waals surface area (Å²) >= 11 is 0. The standard InChI is InChI=1S/C11H25NO4/c1-3-12-11(9-13)10-16-8-7-15-6-4-5-14-2/h11-13H,3-10H2,1-2H3. The molecule has 0 saturated carbocycles. The topological polar surface area (TPSA) is 60.0 Å². The Hall–Kier alpha value is -0.200. The number of hydrogen-bond acceptors (Lipinski definition) is 5. The minimum absolute atomic E-state index is 0.0264. The van der Waals surface area contributed by atoms with Crippen molar-refractivity contribution >= 4 is 0 Å². The zero-order valence-corrected chi connectivity index (χ0v) is 10.4. The van der Waals surface area contributed by atoms with Crippen LogP contribution in [-0.4, -0.2) is 64.4 Å². The van der Waals surface area contributed by atoms with Gasteiger partial charge in [0.15, 0.2) is 0 Å². The Balaban J connectivity index is 3.12. The summed E-state index contributed by atoms with van der Waals surface area (Å²) < 4.78 is 15.6. The first-order chi connectivity index (χ1) is 7.85. The number of aliphatic hydroxyl groups is 1. The van der Waals surface area contributed by atoms with Crippen LogP contribution in [0.2, 0.25) is 0 Å². The van der Waals surface area contributed by atoms with E-state index in [4.69, 9.17) is 19.3 Å². The normalized spacial score (nSPS) is 12.9. The van der Waals surface area contributed by atoms with Crippen LogP contribution < -0.4 is 5.32 Å². The van der Waals surface area contributed by atoms with Crippen molar-refractivity contribution in [2.75, 3.05) is 53.3 Å². The van der Waals surface area contributed by atoms with Gasteiger partial charge in [0.2, 0.25) is 0 Å². The van der Waals surface area contributed by atoms with Gasteiger partial charge in [0.25, 0.3) is 0 Å². The lowest BCUT2D eigenvalue weighted by molar-refractivity contribution is 0.0266. The maximum absolute atomic E-state index is 8.97. The van der Waals surface area contributed by atoms with Crippen molar-refractivity contribution in [1.82, 2.24) is 5.32 Å². The van der Waals surface area contributed by atoms with Gasteiger partial charge in [-0.2, -0.15) is 0 Å². The molecule has 5 heteroatoms. The average molecular weight is 235 g/mol. The summed E-state index contributed by atoms with van der Waals surface area (Å²) in [6.07, 6.45) is 0.910. The second-order valence-corrected chi connectivity index (χ2v) is 3.47. The zero-order valence-electron chi connectivity index (χ0n) is 10.4. The molecule has 1 atom stereocenters. The fraction of sp³-hybridized carbons (Fsp3) is 1.00. The largest absolute Gasteiger partial charge is 0.395 e. The van der Waals surface area contributed by atoms with Gasteiger partial charge in [-0.1, -0.05) is 6.92 Å². The van der Waals surface area contributed by atoms with E-state index in [0.29, 0.717) is 26.4 Å². The van der Waals surface area contributed by atoms with Crippen LogP contribution in [-0.2, 0) is 14.2 Å². The second-order valence-electron chi connectivity index (χ2n) is 3.47. The zero-order chi connectivity index (χ0) is 12.1. The number of ether oxygens (including phenoxy) is 3. The molecular weight excluding hydrogens is 210 g/mol. The van der Waals surface area contributed by atoms with Gasteiger partial charge in [0, 0.05) is 20.3 Å². The van der Waals surface area contributed by atoms with E-state index in [1.165, 1.54) is 0 Å². The highest BCUT2D eigenvalue weighted by atomic mass is 16.5. The average Bonchev–Trinajstić information content (AvgIpc) is 2.31. The van der Waals surface area contributed by atoms with Crippen molar-refractivity contribution in [3.8, 4) is 0 Å². The lowest BCUT2D eigenvalue weighted by Crippen LogP contribution is -2.36. The molecule has 0 heterocycles. The van der Waals surface area contributed by atoms with Crippen LogP contribution in [0.25, 0.3) is 0 Å². The molecule has 2 N–H and O–H groups in total. The van der Waals surface area contributed by atoms with Crippen molar-refractivity contribution in [1.29, 1.82) is 0 Å². The van der Waals surface area contributed by atoms with Gasteiger partial charge in [0.05, 0.1) is 32.5 Å². The predicted octanol–water partition coefficient (Wildman–Crippen LogP) is 0.0265. The molecule has 0 rings (SSSR count). The summed E-state index contributed by atoms with van der Waals surface area (Å²) in [5.74, 6) is 0. The third-order valence-corrected chi connectivity index (χ3v) is 2.04. The third kappa shape index (κ3) is 10.3. The molecule has 0 aliphatic carbocycles. The van der Waals surface area contributed by atoms with E-state index in [1.54, 1.807) is 7.11 Å². The van der Waals surface area contributed by atoms with Gasteiger partial charge in [-0.25, -0.2) is 0 Å². The second kappa shape index (κ2) is 12.9. The molecule has 0 bridgehead atoms. The smallest absolute Gasteiger partial charge is 0.0701 e. The first-order valence-electron chi connectivity index (χ1n) is 5.83. The predicted molar refractivity (Wildman–Crippen MR) is 62.7 cm³/mol. The fourth-order valence-corrected chi connectivity index (χ4v) is 1.22. The molecule has 0 aliphatic heterocycles. The number of aliphatic hydroxyl groups excluding tert-OH is 1. The highest BCUT2D eigenvalue weighted by molar-refractivity contribution is 4.62. The molecule has 0 amide bonds. The molecule has 16 heavy (non-hydrogen) atoms. The van der Waals surface area contributed by atoms with Crippen LogP contribution in [0.15, 0.2) is 0 Å². The highest BCUT2D eigenvalue weighted by Crippen LogP contribution is 1.87. The number of hydrogen-bond donors (Lipinski definition) is 2. The maximum atomic E-state index is 8.97. The molecule has 5 nitrogen and oxygen atoms in total. The van der Waals surface area contributed by atoms with Crippen molar-refractivity contribution in [2.24, 2.45) is 0 Å². The van der Waals surface area contributed by atoms with E-state index in [9.17, 15) is 0 Å². The van der Waals surface area contributed by atoms with Crippen molar-refractivity contribution in [3.63, 3.8) is 0 Å². The Morgan fingerprint density at radius 1 is 1.12 bits per heavy atom. The molecule has 98 valence electrons. The molecule has 0 aliphatic rings. The number of rotatable bonds is 12. The summed E-state index contributed by atoms with van der Waals surface area (Å²) in [5, 5.41) is 12.1. The maximum Gasteiger partial charge on any atom is 0.0701 e. The first-order valence-corrected chi connectivity index (χ1v) is 5.83. The summed E-state index contributed by atoms with van der Waals surface area (Å²) in [7, 11) is 1.68. The van der Waals surface area contributed by atoms with Gasteiger partial charge in [-0.15, -0.1) is 0 Å². The van der Waals surface area contributed by atoms with Crippen molar-refractivity contribution < 1.29 is 19.3 Å².